The van der Waals surface area contributed by atoms with Crippen molar-refractivity contribution in [3.8, 4) is 0 Å². The first-order valence-electron chi connectivity index (χ1n) is 8.22. The molecule has 2 aliphatic rings. The van der Waals surface area contributed by atoms with Crippen LogP contribution in [0.4, 0.5) is 9.59 Å². The van der Waals surface area contributed by atoms with E-state index in [1.54, 1.807) is 4.90 Å². The van der Waals surface area contributed by atoms with Gasteiger partial charge in [-0.3, -0.25) is 4.90 Å². The monoisotopic (exact) mass is 330 g/mol. The zero-order chi connectivity index (χ0) is 17.1. The van der Waals surface area contributed by atoms with Gasteiger partial charge in [0, 0.05) is 19.1 Å². The molecule has 2 atom stereocenters. The molecule has 0 bridgehead atoms. The highest BCUT2D eigenvalue weighted by molar-refractivity contribution is 5.72. The molecule has 0 saturated carbocycles. The largest absolute Gasteiger partial charge is 0.439 e. The number of cyclic esters (lactones) is 1. The van der Waals surface area contributed by atoms with Crippen LogP contribution in [0.1, 0.15) is 31.4 Å². The average Bonchev–Trinajstić information content (AvgIpc) is 2.90. The molecule has 0 N–H and O–H groups in total. The van der Waals surface area contributed by atoms with Crippen molar-refractivity contribution in [2.75, 3.05) is 13.1 Å². The normalized spacial score (nSPS) is 24.6. The Hall–Kier alpha value is -2.50. The van der Waals surface area contributed by atoms with Crippen molar-refractivity contribution in [2.45, 2.75) is 38.0 Å². The van der Waals surface area contributed by atoms with Crippen molar-refractivity contribution in [1.82, 2.24) is 9.80 Å². The van der Waals surface area contributed by atoms with E-state index in [-0.39, 0.29) is 30.4 Å². The highest BCUT2D eigenvalue weighted by Crippen LogP contribution is 2.35. The van der Waals surface area contributed by atoms with Gasteiger partial charge in [0.1, 0.15) is 6.10 Å². The topological polar surface area (TPSA) is 59.1 Å². The van der Waals surface area contributed by atoms with E-state index in [2.05, 4.69) is 6.58 Å². The Morgan fingerprint density at radius 3 is 2.58 bits per heavy atom. The maximum atomic E-state index is 12.4. The van der Waals surface area contributed by atoms with Crippen LogP contribution >= 0.6 is 0 Å². The summed E-state index contributed by atoms with van der Waals surface area (Å²) < 4.78 is 10.4. The molecule has 0 spiro atoms. The summed E-state index contributed by atoms with van der Waals surface area (Å²) in [6, 6.07) is 9.84. The standard InChI is InChI=1S/C18H22N2O4/c1-3-23-17(21)19-11-9-15(10-12-19)20-13(2)16(24-18(20)22)14-7-5-4-6-8-14/h3-8,13,15-16H,1,9-12H2,2H3. The van der Waals surface area contributed by atoms with Gasteiger partial charge in [-0.05, 0) is 25.3 Å². The Morgan fingerprint density at radius 2 is 1.96 bits per heavy atom. The van der Waals surface area contributed by atoms with Gasteiger partial charge in [0.2, 0.25) is 0 Å². The number of nitrogens with zero attached hydrogens (tertiary/aromatic N) is 2. The molecule has 0 aliphatic carbocycles. The zero-order valence-corrected chi connectivity index (χ0v) is 13.8. The van der Waals surface area contributed by atoms with Crippen LogP contribution in [0.25, 0.3) is 0 Å². The number of hydrogen-bond donors (Lipinski definition) is 0. The minimum Gasteiger partial charge on any atom is -0.439 e. The number of likely N-dealkylation sites (tertiary alicyclic amines) is 1. The van der Waals surface area contributed by atoms with Gasteiger partial charge in [-0.1, -0.05) is 36.9 Å². The molecule has 2 unspecified atom stereocenters. The van der Waals surface area contributed by atoms with Crippen LogP contribution < -0.4 is 0 Å². The number of ether oxygens (including phenoxy) is 2. The molecule has 2 heterocycles. The first-order chi connectivity index (χ1) is 11.6. The van der Waals surface area contributed by atoms with Gasteiger partial charge < -0.3 is 14.4 Å². The molecule has 6 heteroatoms. The van der Waals surface area contributed by atoms with Crippen molar-refractivity contribution in [2.24, 2.45) is 0 Å². The third kappa shape index (κ3) is 3.09. The average molecular weight is 330 g/mol. The van der Waals surface area contributed by atoms with Crippen molar-refractivity contribution in [3.05, 3.63) is 48.7 Å². The number of benzene rings is 1. The van der Waals surface area contributed by atoms with E-state index >= 15 is 0 Å². The Balaban J connectivity index is 1.64. The van der Waals surface area contributed by atoms with Gasteiger partial charge in [0.25, 0.3) is 0 Å². The van der Waals surface area contributed by atoms with Gasteiger partial charge in [0.15, 0.2) is 0 Å². The van der Waals surface area contributed by atoms with E-state index in [0.29, 0.717) is 25.9 Å². The van der Waals surface area contributed by atoms with E-state index in [4.69, 9.17) is 9.47 Å². The molecule has 2 saturated heterocycles. The van der Waals surface area contributed by atoms with Crippen LogP contribution in [-0.2, 0) is 9.47 Å². The number of piperidine rings is 1. The number of hydrogen-bond acceptors (Lipinski definition) is 4. The molecule has 128 valence electrons. The number of amides is 2. The van der Waals surface area contributed by atoms with Crippen LogP contribution in [0, 0.1) is 0 Å². The summed E-state index contributed by atoms with van der Waals surface area (Å²) in [5, 5.41) is 0. The lowest BCUT2D eigenvalue weighted by molar-refractivity contribution is 0.0949. The summed E-state index contributed by atoms with van der Waals surface area (Å²) in [7, 11) is 0. The third-order valence-corrected chi connectivity index (χ3v) is 4.74. The Bertz CT molecular complexity index is 611. The summed E-state index contributed by atoms with van der Waals surface area (Å²) in [5.41, 5.74) is 1.01. The lowest BCUT2D eigenvalue weighted by Crippen LogP contribution is -2.49. The summed E-state index contributed by atoms with van der Waals surface area (Å²) in [5.74, 6) is 0. The highest BCUT2D eigenvalue weighted by atomic mass is 16.6. The third-order valence-electron chi connectivity index (χ3n) is 4.74. The smallest absolute Gasteiger partial charge is 0.414 e. The molecule has 24 heavy (non-hydrogen) atoms. The lowest BCUT2D eigenvalue weighted by Gasteiger charge is -2.36. The number of rotatable bonds is 3. The highest BCUT2D eigenvalue weighted by Gasteiger charge is 2.44. The maximum absolute atomic E-state index is 12.4. The molecule has 2 fully saturated rings. The Labute approximate surface area is 141 Å². The van der Waals surface area contributed by atoms with Gasteiger partial charge in [-0.25, -0.2) is 9.59 Å². The van der Waals surface area contributed by atoms with Crippen LogP contribution in [0.15, 0.2) is 43.2 Å². The number of carbonyl (C=O) groups excluding carboxylic acids is 2. The lowest BCUT2D eigenvalue weighted by atomic mass is 9.98. The molecule has 2 aliphatic heterocycles. The van der Waals surface area contributed by atoms with Crippen molar-refractivity contribution >= 4 is 12.2 Å². The SMILES string of the molecule is C=COC(=O)N1CCC(N2C(=O)OC(c3ccccc3)C2C)CC1. The molecule has 1 aromatic carbocycles. The van der Waals surface area contributed by atoms with E-state index in [1.807, 2.05) is 42.2 Å². The van der Waals surface area contributed by atoms with Crippen LogP contribution in [0.5, 0.6) is 0 Å². The zero-order valence-electron chi connectivity index (χ0n) is 13.8. The summed E-state index contributed by atoms with van der Waals surface area (Å²) >= 11 is 0. The predicted octanol–water partition coefficient (Wildman–Crippen LogP) is 3.31. The van der Waals surface area contributed by atoms with E-state index in [0.717, 1.165) is 11.8 Å². The molecular weight excluding hydrogens is 308 g/mol. The summed E-state index contributed by atoms with van der Waals surface area (Å²) in [6.45, 7) is 6.52. The van der Waals surface area contributed by atoms with E-state index in [9.17, 15) is 9.59 Å². The fourth-order valence-corrected chi connectivity index (χ4v) is 3.52. The molecule has 0 radical (unpaired) electrons. The summed E-state index contributed by atoms with van der Waals surface area (Å²) in [6.07, 6.45) is 1.66. The van der Waals surface area contributed by atoms with Crippen molar-refractivity contribution in [3.63, 3.8) is 0 Å². The quantitative estimate of drug-likeness (QED) is 0.798. The fourth-order valence-electron chi connectivity index (χ4n) is 3.52. The predicted molar refractivity (Wildman–Crippen MR) is 88.2 cm³/mol. The minimum absolute atomic E-state index is 0.0309. The van der Waals surface area contributed by atoms with Gasteiger partial charge in [-0.15, -0.1) is 0 Å². The second-order valence-electron chi connectivity index (χ2n) is 6.13. The Kier molecular flexibility index (Phi) is 4.74. The van der Waals surface area contributed by atoms with Crippen LogP contribution in [0.2, 0.25) is 0 Å². The molecule has 3 rings (SSSR count). The fraction of sp³-hybridized carbons (Fsp3) is 0.444. The second kappa shape index (κ2) is 6.95. The van der Waals surface area contributed by atoms with Crippen LogP contribution in [-0.4, -0.2) is 47.2 Å². The van der Waals surface area contributed by atoms with E-state index in [1.165, 1.54) is 0 Å². The molecule has 1 aromatic rings. The van der Waals surface area contributed by atoms with E-state index < -0.39 is 0 Å². The maximum Gasteiger partial charge on any atom is 0.414 e. The molecule has 6 nitrogen and oxygen atoms in total. The van der Waals surface area contributed by atoms with Gasteiger partial charge in [-0.2, -0.15) is 0 Å². The molecular formula is C18H22N2O4. The molecule has 0 aromatic heterocycles. The first kappa shape index (κ1) is 16.4. The van der Waals surface area contributed by atoms with Crippen molar-refractivity contribution < 1.29 is 19.1 Å². The summed E-state index contributed by atoms with van der Waals surface area (Å²) in [4.78, 5) is 27.6. The van der Waals surface area contributed by atoms with Crippen molar-refractivity contribution in [1.29, 1.82) is 0 Å². The van der Waals surface area contributed by atoms with Gasteiger partial charge >= 0.3 is 12.2 Å². The molecule has 2 amide bonds. The van der Waals surface area contributed by atoms with Crippen LogP contribution in [0.3, 0.4) is 0 Å². The Morgan fingerprint density at radius 1 is 1.29 bits per heavy atom. The first-order valence-corrected chi connectivity index (χ1v) is 8.22. The van der Waals surface area contributed by atoms with Gasteiger partial charge in [0.05, 0.1) is 12.3 Å². The number of carbonyl (C=O) groups is 2. The minimum atomic E-state index is -0.386. The second-order valence-corrected chi connectivity index (χ2v) is 6.13.